The van der Waals surface area contributed by atoms with Gasteiger partial charge < -0.3 is 14.4 Å². The van der Waals surface area contributed by atoms with Crippen molar-refractivity contribution >= 4 is 33.5 Å². The highest BCUT2D eigenvalue weighted by Gasteiger charge is 2.45. The fourth-order valence-corrected chi connectivity index (χ4v) is 4.20. The Labute approximate surface area is 212 Å². The van der Waals surface area contributed by atoms with Gasteiger partial charge in [0.2, 0.25) is 0 Å². The molecule has 1 aromatic carbocycles. The zero-order chi connectivity index (χ0) is 26.0. The van der Waals surface area contributed by atoms with Crippen molar-refractivity contribution in [3.05, 3.63) is 52.6 Å². The molecule has 1 fully saturated rings. The monoisotopic (exact) mass is 557 g/mol. The molecule has 1 aliphatic rings. The summed E-state index contributed by atoms with van der Waals surface area (Å²) in [4.78, 5) is 19.7. The Morgan fingerprint density at radius 2 is 1.86 bits per heavy atom. The van der Waals surface area contributed by atoms with E-state index in [2.05, 4.69) is 20.9 Å². The molecule has 6 nitrogen and oxygen atoms in total. The third-order valence-corrected chi connectivity index (χ3v) is 5.97. The number of carbonyl (C=O) groups excluding carboxylic acids is 1. The van der Waals surface area contributed by atoms with E-state index in [4.69, 9.17) is 9.47 Å². The number of hydrogen-bond acceptors (Lipinski definition) is 5. The number of rotatable bonds is 6. The summed E-state index contributed by atoms with van der Waals surface area (Å²) in [6.07, 6.45) is -2.10. The summed E-state index contributed by atoms with van der Waals surface area (Å²) in [5.41, 5.74) is -0.0747. The summed E-state index contributed by atoms with van der Waals surface area (Å²) < 4.78 is 51.9. The number of ether oxygens (including phenoxy) is 2. The van der Waals surface area contributed by atoms with Gasteiger partial charge >= 0.3 is 12.3 Å². The third kappa shape index (κ3) is 7.57. The van der Waals surface area contributed by atoms with Gasteiger partial charge in [-0.1, -0.05) is 12.1 Å². The lowest BCUT2D eigenvalue weighted by atomic mass is 10.0. The summed E-state index contributed by atoms with van der Waals surface area (Å²) >= 11 is 3.26. The Bertz CT molecular complexity index is 1010. The van der Waals surface area contributed by atoms with Gasteiger partial charge in [-0.15, -0.1) is 0 Å². The maximum atomic E-state index is 13.3. The molecule has 35 heavy (non-hydrogen) atoms. The topological polar surface area (TPSA) is 54.9 Å². The average Bonchev–Trinajstić information content (AvgIpc) is 3.04. The molecule has 1 aromatic heterocycles. The maximum absolute atomic E-state index is 13.3. The van der Waals surface area contributed by atoms with Crippen molar-refractivity contribution in [2.45, 2.75) is 71.0 Å². The molecule has 2 aromatic rings. The molecule has 0 N–H and O–H groups in total. The van der Waals surface area contributed by atoms with Crippen molar-refractivity contribution in [3.8, 4) is 0 Å². The summed E-state index contributed by atoms with van der Waals surface area (Å²) in [5, 5.41) is 0. The molecule has 3 rings (SSSR count). The summed E-state index contributed by atoms with van der Waals surface area (Å²) in [7, 11) is 0. The van der Waals surface area contributed by atoms with Gasteiger partial charge in [0.15, 0.2) is 0 Å². The molecule has 2 heterocycles. The number of hydrogen-bond donors (Lipinski definition) is 0. The molecule has 0 bridgehead atoms. The van der Waals surface area contributed by atoms with Crippen LogP contribution < -0.4 is 4.90 Å². The Kier molecular flexibility index (Phi) is 8.06. The molecule has 0 spiro atoms. The van der Waals surface area contributed by atoms with Crippen LogP contribution in [-0.2, 0) is 15.9 Å². The fourth-order valence-electron chi connectivity index (χ4n) is 3.96. The Hall–Kier alpha value is -2.33. The number of nitrogens with zero attached hydrogens (tertiary/aromatic N) is 3. The second-order valence-electron chi connectivity index (χ2n) is 10.0. The number of aromatic nitrogens is 1. The molecular weight excluding hydrogens is 527 g/mol. The molecule has 1 atom stereocenters. The number of amides is 1. The minimum atomic E-state index is -4.40. The Morgan fingerprint density at radius 3 is 2.40 bits per heavy atom. The van der Waals surface area contributed by atoms with Gasteiger partial charge in [-0.25, -0.2) is 9.78 Å². The van der Waals surface area contributed by atoms with Gasteiger partial charge in [-0.3, -0.25) is 4.90 Å². The van der Waals surface area contributed by atoms with Gasteiger partial charge in [0.25, 0.3) is 0 Å². The highest BCUT2D eigenvalue weighted by atomic mass is 79.9. The van der Waals surface area contributed by atoms with E-state index in [0.29, 0.717) is 29.6 Å². The minimum Gasteiger partial charge on any atom is -0.444 e. The van der Waals surface area contributed by atoms with Crippen molar-refractivity contribution in [2.75, 3.05) is 18.1 Å². The second-order valence-corrected chi connectivity index (χ2v) is 10.9. The molecule has 0 radical (unpaired) electrons. The standard InChI is InChI=1S/C25H31BrF3N3O3/c1-23(2,3)35-22(33)32-20(15-34-24(32,4)5)12-8-17-6-10-19(11-7-17)31(16-25(27,28)29)21-13-9-18(26)14-30-21/h6-7,9-11,13-14,20H,8,12,15-16H2,1-5H3/t20-/m0/s1. The summed E-state index contributed by atoms with van der Waals surface area (Å²) in [5.74, 6) is 0.205. The maximum Gasteiger partial charge on any atom is 0.412 e. The highest BCUT2D eigenvalue weighted by molar-refractivity contribution is 9.10. The van der Waals surface area contributed by atoms with Crippen molar-refractivity contribution in [3.63, 3.8) is 0 Å². The summed E-state index contributed by atoms with van der Waals surface area (Å²) in [6, 6.07) is 9.94. The van der Waals surface area contributed by atoms with E-state index in [1.807, 2.05) is 34.6 Å². The quantitative estimate of drug-likeness (QED) is 0.388. The first kappa shape index (κ1) is 27.3. The van der Waals surface area contributed by atoms with Crippen LogP contribution in [0.15, 0.2) is 47.1 Å². The lowest BCUT2D eigenvalue weighted by molar-refractivity contribution is -0.118. The molecule has 1 aliphatic heterocycles. The summed E-state index contributed by atoms with van der Waals surface area (Å²) in [6.45, 7) is 8.35. The van der Waals surface area contributed by atoms with Crippen LogP contribution in [-0.4, -0.2) is 52.7 Å². The second kappa shape index (κ2) is 10.3. The fraction of sp³-hybridized carbons (Fsp3) is 0.520. The van der Waals surface area contributed by atoms with E-state index in [0.717, 1.165) is 10.5 Å². The molecule has 0 saturated carbocycles. The van der Waals surface area contributed by atoms with Crippen LogP contribution in [0.4, 0.5) is 29.5 Å². The Balaban J connectivity index is 1.72. The smallest absolute Gasteiger partial charge is 0.412 e. The molecule has 192 valence electrons. The van der Waals surface area contributed by atoms with Gasteiger partial charge in [0.05, 0.1) is 12.6 Å². The van der Waals surface area contributed by atoms with Crippen LogP contribution in [0.1, 0.15) is 46.6 Å². The van der Waals surface area contributed by atoms with Crippen LogP contribution in [0.3, 0.4) is 0 Å². The van der Waals surface area contributed by atoms with Crippen molar-refractivity contribution in [1.82, 2.24) is 9.88 Å². The Morgan fingerprint density at radius 1 is 1.20 bits per heavy atom. The number of anilines is 2. The lowest BCUT2D eigenvalue weighted by Gasteiger charge is -2.35. The third-order valence-electron chi connectivity index (χ3n) is 5.50. The largest absolute Gasteiger partial charge is 0.444 e. The first-order valence-electron chi connectivity index (χ1n) is 11.4. The van der Waals surface area contributed by atoms with E-state index >= 15 is 0 Å². The number of halogens is 4. The molecule has 0 unspecified atom stereocenters. The highest BCUT2D eigenvalue weighted by Crippen LogP contribution is 2.33. The lowest BCUT2D eigenvalue weighted by Crippen LogP contribution is -2.49. The van der Waals surface area contributed by atoms with Crippen molar-refractivity contribution in [2.24, 2.45) is 0 Å². The van der Waals surface area contributed by atoms with Crippen LogP contribution in [0, 0.1) is 0 Å². The van der Waals surface area contributed by atoms with Gasteiger partial charge in [-0.2, -0.15) is 13.2 Å². The molecule has 0 aliphatic carbocycles. The normalized spacial score (nSPS) is 18.0. The van der Waals surface area contributed by atoms with Crippen LogP contribution in [0.5, 0.6) is 0 Å². The number of benzene rings is 1. The molecule has 10 heteroatoms. The van der Waals surface area contributed by atoms with E-state index < -0.39 is 30.1 Å². The molecular formula is C25H31BrF3N3O3. The van der Waals surface area contributed by atoms with Crippen LogP contribution in [0.25, 0.3) is 0 Å². The van der Waals surface area contributed by atoms with Crippen LogP contribution >= 0.6 is 15.9 Å². The van der Waals surface area contributed by atoms with E-state index in [9.17, 15) is 18.0 Å². The van der Waals surface area contributed by atoms with Crippen molar-refractivity contribution in [1.29, 1.82) is 0 Å². The zero-order valence-corrected chi connectivity index (χ0v) is 22.1. The SMILES string of the molecule is CC(C)(C)OC(=O)N1[C@@H](CCc2ccc(N(CC(F)(F)F)c3ccc(Br)cn3)cc2)COC1(C)C. The van der Waals surface area contributed by atoms with E-state index in [1.54, 1.807) is 35.2 Å². The van der Waals surface area contributed by atoms with Crippen LogP contribution in [0.2, 0.25) is 0 Å². The van der Waals surface area contributed by atoms with E-state index in [1.165, 1.54) is 12.3 Å². The number of alkyl halides is 3. The van der Waals surface area contributed by atoms with Crippen molar-refractivity contribution < 1.29 is 27.4 Å². The van der Waals surface area contributed by atoms with Gasteiger partial charge in [0, 0.05) is 16.4 Å². The first-order chi connectivity index (χ1) is 16.1. The number of carbonyl (C=O) groups is 1. The van der Waals surface area contributed by atoms with Gasteiger partial charge in [0.1, 0.15) is 23.7 Å². The predicted octanol–water partition coefficient (Wildman–Crippen LogP) is 6.85. The minimum absolute atomic E-state index is 0.173. The average molecular weight is 558 g/mol. The number of pyridine rings is 1. The zero-order valence-electron chi connectivity index (χ0n) is 20.5. The first-order valence-corrected chi connectivity index (χ1v) is 12.1. The number of aryl methyl sites for hydroxylation is 1. The predicted molar refractivity (Wildman–Crippen MR) is 132 cm³/mol. The molecule has 1 amide bonds. The van der Waals surface area contributed by atoms with Gasteiger partial charge in [-0.05, 0) is 93.2 Å². The van der Waals surface area contributed by atoms with E-state index in [-0.39, 0.29) is 11.9 Å². The molecule has 1 saturated heterocycles.